The molecule has 0 spiro atoms. The number of halogens is 3. The van der Waals surface area contributed by atoms with Crippen molar-refractivity contribution in [1.29, 1.82) is 0 Å². The number of hydrogen-bond acceptors (Lipinski definition) is 4. The topological polar surface area (TPSA) is 55.8 Å². The quantitative estimate of drug-likeness (QED) is 0.338. The van der Waals surface area contributed by atoms with Crippen LogP contribution in [-0.2, 0) is 16.4 Å². The molecule has 0 fully saturated rings. The van der Waals surface area contributed by atoms with Gasteiger partial charge in [0, 0.05) is 29.9 Å². The highest BCUT2D eigenvalue weighted by Gasteiger charge is 2.28. The lowest BCUT2D eigenvalue weighted by atomic mass is 10.00. The normalized spacial score (nSPS) is 11.3. The molecule has 176 valence electrons. The van der Waals surface area contributed by atoms with Crippen molar-refractivity contribution in [2.24, 2.45) is 0 Å². The van der Waals surface area contributed by atoms with Crippen LogP contribution in [0.25, 0.3) is 0 Å². The van der Waals surface area contributed by atoms with Crippen LogP contribution in [0.4, 0.5) is 14.5 Å². The van der Waals surface area contributed by atoms with Crippen LogP contribution in [0.1, 0.15) is 16.7 Å². The van der Waals surface area contributed by atoms with Crippen LogP contribution >= 0.6 is 15.9 Å². The lowest BCUT2D eigenvalue weighted by Crippen LogP contribution is -2.33. The van der Waals surface area contributed by atoms with Crippen molar-refractivity contribution in [3.05, 3.63) is 82.9 Å². The van der Waals surface area contributed by atoms with Gasteiger partial charge >= 0.3 is 0 Å². The molecule has 0 aliphatic carbocycles. The second-order valence-corrected chi connectivity index (χ2v) is 9.95. The van der Waals surface area contributed by atoms with Gasteiger partial charge in [-0.15, -0.1) is 0 Å². The summed E-state index contributed by atoms with van der Waals surface area (Å²) in [6.07, 6.45) is -0.101. The molecule has 0 radical (unpaired) electrons. The van der Waals surface area contributed by atoms with Gasteiger partial charge in [0.05, 0.1) is 24.8 Å². The molecule has 0 saturated heterocycles. The monoisotopic (exact) mass is 539 g/mol. The first-order valence-corrected chi connectivity index (χ1v) is 12.6. The minimum Gasteiger partial charge on any atom is -0.493 e. The smallest absolute Gasteiger partial charge is 0.264 e. The van der Waals surface area contributed by atoms with Crippen LogP contribution in [0.15, 0.2) is 59.5 Å². The third-order valence-corrected chi connectivity index (χ3v) is 7.33. The number of nitrogens with zero attached hydrogens (tertiary/aromatic N) is 1. The summed E-state index contributed by atoms with van der Waals surface area (Å²) in [4.78, 5) is 0.00435. The summed E-state index contributed by atoms with van der Waals surface area (Å²) in [5.74, 6) is -0.695. The first-order valence-electron chi connectivity index (χ1n) is 10.1. The van der Waals surface area contributed by atoms with Crippen LogP contribution in [0.5, 0.6) is 11.5 Å². The number of alkyl halides is 1. The average Bonchev–Trinajstić information content (AvgIpc) is 2.79. The average molecular weight is 540 g/mol. The van der Waals surface area contributed by atoms with Gasteiger partial charge in [0.15, 0.2) is 11.5 Å². The van der Waals surface area contributed by atoms with E-state index in [1.807, 2.05) is 6.92 Å². The van der Waals surface area contributed by atoms with Crippen molar-refractivity contribution in [1.82, 2.24) is 0 Å². The Labute approximate surface area is 201 Å². The number of anilines is 1. The van der Waals surface area contributed by atoms with Gasteiger partial charge in [0.2, 0.25) is 0 Å². The molecule has 0 aliphatic rings. The van der Waals surface area contributed by atoms with E-state index in [1.165, 1.54) is 54.9 Å². The Morgan fingerprint density at radius 3 is 2.21 bits per heavy atom. The number of sulfonamides is 1. The maximum absolute atomic E-state index is 14.4. The van der Waals surface area contributed by atoms with Gasteiger partial charge in [-0.2, -0.15) is 0 Å². The highest BCUT2D eigenvalue weighted by Crippen LogP contribution is 2.34. The van der Waals surface area contributed by atoms with Gasteiger partial charge < -0.3 is 9.47 Å². The van der Waals surface area contributed by atoms with Crippen LogP contribution in [0, 0.1) is 18.6 Å². The summed E-state index contributed by atoms with van der Waals surface area (Å²) >= 11 is 3.32. The molecule has 0 atom stereocenters. The Balaban J connectivity index is 2.14. The summed E-state index contributed by atoms with van der Waals surface area (Å²) in [6, 6.07) is 13.2. The summed E-state index contributed by atoms with van der Waals surface area (Å²) in [5.41, 5.74) is 1.56. The van der Waals surface area contributed by atoms with Crippen molar-refractivity contribution >= 4 is 31.6 Å². The molecule has 0 amide bonds. The van der Waals surface area contributed by atoms with Crippen molar-refractivity contribution in [2.75, 3.05) is 30.4 Å². The minimum absolute atomic E-state index is 0.00435. The predicted molar refractivity (Wildman–Crippen MR) is 128 cm³/mol. The van der Waals surface area contributed by atoms with Crippen LogP contribution in [0.2, 0.25) is 0 Å². The lowest BCUT2D eigenvalue weighted by molar-refractivity contribution is 0.354. The number of hydrogen-bond donors (Lipinski definition) is 0. The number of rotatable bonds is 9. The standard InChI is InChI=1S/C24H24BrF2NO4S/c1-16-7-9-22(17(13-16)14-19-20(26)5-4-6-21(19)27)28(12-11-25)33(29,30)18-8-10-23(31-2)24(15-18)32-3/h4-10,13,15H,11-12,14H2,1-3H3. The minimum atomic E-state index is -4.04. The summed E-state index contributed by atoms with van der Waals surface area (Å²) in [6.45, 7) is 1.94. The number of aryl methyl sites for hydroxylation is 1. The molecular weight excluding hydrogens is 516 g/mol. The zero-order chi connectivity index (χ0) is 24.2. The molecule has 0 bridgehead atoms. The molecular formula is C24H24BrF2NO4S. The largest absolute Gasteiger partial charge is 0.493 e. The summed E-state index contributed by atoms with van der Waals surface area (Å²) in [7, 11) is -1.16. The molecule has 0 saturated carbocycles. The van der Waals surface area contributed by atoms with Gasteiger partial charge in [-0.05, 0) is 42.8 Å². The van der Waals surface area contributed by atoms with Crippen LogP contribution < -0.4 is 13.8 Å². The zero-order valence-corrected chi connectivity index (χ0v) is 20.8. The van der Waals surface area contributed by atoms with Gasteiger partial charge in [-0.25, -0.2) is 17.2 Å². The highest BCUT2D eigenvalue weighted by molar-refractivity contribution is 9.09. The molecule has 3 rings (SSSR count). The highest BCUT2D eigenvalue weighted by atomic mass is 79.9. The lowest BCUT2D eigenvalue weighted by Gasteiger charge is -2.27. The van der Waals surface area contributed by atoms with E-state index in [2.05, 4.69) is 15.9 Å². The zero-order valence-electron chi connectivity index (χ0n) is 18.4. The van der Waals surface area contributed by atoms with E-state index < -0.39 is 21.7 Å². The first kappa shape index (κ1) is 25.0. The SMILES string of the molecule is COc1ccc(S(=O)(=O)N(CCBr)c2ccc(C)cc2Cc2c(F)cccc2F)cc1OC. The molecule has 5 nitrogen and oxygen atoms in total. The third-order valence-electron chi connectivity index (χ3n) is 5.16. The molecule has 0 unspecified atom stereocenters. The predicted octanol–water partition coefficient (Wildman–Crippen LogP) is 5.47. The van der Waals surface area contributed by atoms with E-state index >= 15 is 0 Å². The summed E-state index contributed by atoms with van der Waals surface area (Å²) in [5, 5.41) is 0.348. The third kappa shape index (κ3) is 5.30. The van der Waals surface area contributed by atoms with Crippen LogP contribution in [0.3, 0.4) is 0 Å². The van der Waals surface area contributed by atoms with E-state index in [0.717, 1.165) is 5.56 Å². The first-order chi connectivity index (χ1) is 15.7. The maximum atomic E-state index is 14.4. The number of ether oxygens (including phenoxy) is 2. The number of methoxy groups -OCH3 is 2. The fourth-order valence-corrected chi connectivity index (χ4v) is 5.65. The Kier molecular flexibility index (Phi) is 7.97. The maximum Gasteiger partial charge on any atom is 0.264 e. The van der Waals surface area contributed by atoms with Crippen molar-refractivity contribution < 1.29 is 26.7 Å². The Hall–Kier alpha value is -2.65. The van der Waals surface area contributed by atoms with Gasteiger partial charge in [0.1, 0.15) is 11.6 Å². The fraction of sp³-hybridized carbons (Fsp3) is 0.250. The second-order valence-electron chi connectivity index (χ2n) is 7.29. The van der Waals surface area contributed by atoms with E-state index in [1.54, 1.807) is 18.2 Å². The van der Waals surface area contributed by atoms with Gasteiger partial charge in [-0.1, -0.05) is 39.7 Å². The van der Waals surface area contributed by atoms with Crippen LogP contribution in [-0.4, -0.2) is 34.5 Å². The molecule has 9 heteroatoms. The van der Waals surface area contributed by atoms with E-state index in [0.29, 0.717) is 22.3 Å². The van der Waals surface area contributed by atoms with E-state index in [4.69, 9.17) is 9.47 Å². The van der Waals surface area contributed by atoms with Crippen molar-refractivity contribution in [3.8, 4) is 11.5 Å². The Bertz CT molecular complexity index is 1230. The molecule has 3 aromatic rings. The van der Waals surface area contributed by atoms with E-state index in [-0.39, 0.29) is 29.2 Å². The molecule has 3 aromatic carbocycles. The molecule has 0 heterocycles. The second kappa shape index (κ2) is 10.5. The molecule has 0 aliphatic heterocycles. The molecule has 33 heavy (non-hydrogen) atoms. The Morgan fingerprint density at radius 1 is 0.939 bits per heavy atom. The van der Waals surface area contributed by atoms with Gasteiger partial charge in [0.25, 0.3) is 10.0 Å². The van der Waals surface area contributed by atoms with Gasteiger partial charge in [-0.3, -0.25) is 4.31 Å². The molecule has 0 aromatic heterocycles. The molecule has 0 N–H and O–H groups in total. The van der Waals surface area contributed by atoms with Crippen molar-refractivity contribution in [3.63, 3.8) is 0 Å². The number of benzene rings is 3. The fourth-order valence-electron chi connectivity index (χ4n) is 3.54. The Morgan fingerprint density at radius 2 is 1.61 bits per heavy atom. The summed E-state index contributed by atoms with van der Waals surface area (Å²) < 4.78 is 67.8. The van der Waals surface area contributed by atoms with Crippen molar-refractivity contribution in [2.45, 2.75) is 18.2 Å². The van der Waals surface area contributed by atoms with E-state index in [9.17, 15) is 17.2 Å².